The molecular weight excluding hydrogens is 326 g/mol. The fourth-order valence-corrected chi connectivity index (χ4v) is 3.45. The van der Waals surface area contributed by atoms with Crippen LogP contribution in [-0.2, 0) is 7.05 Å². The molecular formula is C20H23N3OSi. The predicted molar refractivity (Wildman–Crippen MR) is 106 cm³/mol. The van der Waals surface area contributed by atoms with Gasteiger partial charge in [-0.1, -0.05) is 42.5 Å². The standard InChI is InChI=1S/C20H23N3OSi/c1-15-9-8-12-18(20(15)24-25(3)4)22-19(16-10-6-5-7-11-16)17-13-21-23(2)14-17/h5-14,25H,1-4H3. The van der Waals surface area contributed by atoms with Crippen LogP contribution in [0.1, 0.15) is 16.7 Å². The largest absolute Gasteiger partial charge is 0.545 e. The minimum atomic E-state index is -1.23. The Labute approximate surface area is 150 Å². The van der Waals surface area contributed by atoms with Gasteiger partial charge in [-0.15, -0.1) is 0 Å². The molecule has 0 aliphatic heterocycles. The maximum Gasteiger partial charge on any atom is 0.229 e. The van der Waals surface area contributed by atoms with Crippen LogP contribution >= 0.6 is 0 Å². The predicted octanol–water partition coefficient (Wildman–Crippen LogP) is 4.26. The normalized spacial score (nSPS) is 11.8. The van der Waals surface area contributed by atoms with E-state index in [0.717, 1.165) is 33.8 Å². The van der Waals surface area contributed by atoms with Crippen molar-refractivity contribution in [2.24, 2.45) is 12.0 Å². The summed E-state index contributed by atoms with van der Waals surface area (Å²) >= 11 is 0. The molecule has 2 aromatic carbocycles. The van der Waals surface area contributed by atoms with Gasteiger partial charge in [-0.05, 0) is 31.6 Å². The molecule has 0 saturated heterocycles. The maximum absolute atomic E-state index is 6.16. The first-order valence-electron chi connectivity index (χ1n) is 8.44. The van der Waals surface area contributed by atoms with Gasteiger partial charge in [-0.3, -0.25) is 4.68 Å². The number of aromatic nitrogens is 2. The molecule has 0 atom stereocenters. The van der Waals surface area contributed by atoms with Crippen LogP contribution in [0.4, 0.5) is 5.69 Å². The highest BCUT2D eigenvalue weighted by atomic mass is 28.3. The Hall–Kier alpha value is -2.66. The van der Waals surface area contributed by atoms with Crippen molar-refractivity contribution in [3.05, 3.63) is 77.6 Å². The zero-order valence-corrected chi connectivity index (χ0v) is 16.3. The minimum absolute atomic E-state index is 0.865. The van der Waals surface area contributed by atoms with Gasteiger partial charge in [0.05, 0.1) is 11.9 Å². The molecule has 1 aromatic heterocycles. The van der Waals surface area contributed by atoms with E-state index in [4.69, 9.17) is 9.42 Å². The van der Waals surface area contributed by atoms with Crippen LogP contribution in [0.3, 0.4) is 0 Å². The third kappa shape index (κ3) is 4.06. The number of hydrogen-bond acceptors (Lipinski definition) is 3. The maximum atomic E-state index is 6.16. The van der Waals surface area contributed by atoms with Gasteiger partial charge >= 0.3 is 0 Å². The van der Waals surface area contributed by atoms with Crippen molar-refractivity contribution in [2.45, 2.75) is 20.0 Å². The summed E-state index contributed by atoms with van der Waals surface area (Å²) in [5.74, 6) is 0.890. The second kappa shape index (κ2) is 7.48. The van der Waals surface area contributed by atoms with Crippen molar-refractivity contribution in [2.75, 3.05) is 0 Å². The Morgan fingerprint density at radius 3 is 2.44 bits per heavy atom. The van der Waals surface area contributed by atoms with Crippen LogP contribution < -0.4 is 4.43 Å². The average Bonchev–Trinajstić information content (AvgIpc) is 3.02. The number of hydrogen-bond donors (Lipinski definition) is 0. The molecule has 0 radical (unpaired) electrons. The quantitative estimate of drug-likeness (QED) is 0.510. The van der Waals surface area contributed by atoms with E-state index in [-0.39, 0.29) is 0 Å². The molecule has 0 fully saturated rings. The molecule has 25 heavy (non-hydrogen) atoms. The molecule has 0 spiro atoms. The van der Waals surface area contributed by atoms with Gasteiger partial charge in [0.15, 0.2) is 0 Å². The van der Waals surface area contributed by atoms with Gasteiger partial charge in [0.2, 0.25) is 9.04 Å². The molecule has 0 aliphatic rings. The third-order valence-corrected chi connectivity index (χ3v) is 4.51. The molecule has 0 bridgehead atoms. The Balaban J connectivity index is 2.16. The number of nitrogens with zero attached hydrogens (tertiary/aromatic N) is 3. The molecule has 3 rings (SSSR count). The van der Waals surface area contributed by atoms with Crippen molar-refractivity contribution in [1.82, 2.24) is 9.78 Å². The van der Waals surface area contributed by atoms with Gasteiger partial charge in [0.25, 0.3) is 0 Å². The van der Waals surface area contributed by atoms with Crippen LogP contribution in [0.15, 0.2) is 65.9 Å². The Morgan fingerprint density at radius 2 is 1.80 bits per heavy atom. The molecule has 1 heterocycles. The lowest BCUT2D eigenvalue weighted by Gasteiger charge is -2.15. The Morgan fingerprint density at radius 1 is 1.04 bits per heavy atom. The second-order valence-electron chi connectivity index (χ2n) is 6.32. The summed E-state index contributed by atoms with van der Waals surface area (Å²) in [7, 11) is 0.687. The number of rotatable bonds is 5. The van der Waals surface area contributed by atoms with Gasteiger partial charge < -0.3 is 4.43 Å². The van der Waals surface area contributed by atoms with E-state index in [0.29, 0.717) is 0 Å². The lowest BCUT2D eigenvalue weighted by molar-refractivity contribution is 0.577. The molecule has 0 amide bonds. The van der Waals surface area contributed by atoms with Crippen molar-refractivity contribution in [1.29, 1.82) is 0 Å². The summed E-state index contributed by atoms with van der Waals surface area (Å²) in [5.41, 5.74) is 4.92. The summed E-state index contributed by atoms with van der Waals surface area (Å²) in [6.07, 6.45) is 3.83. The molecule has 5 heteroatoms. The SMILES string of the molecule is Cc1cccc(N=C(c2ccccc2)c2cnn(C)c2)c1O[SiH](C)C. The van der Waals surface area contributed by atoms with E-state index in [1.54, 1.807) is 4.68 Å². The Bertz CT molecular complexity index is 885. The number of aliphatic imine (C=N–C) groups is 1. The van der Waals surface area contributed by atoms with Crippen molar-refractivity contribution >= 4 is 20.4 Å². The first-order valence-corrected chi connectivity index (χ1v) is 11.2. The van der Waals surface area contributed by atoms with Crippen LogP contribution in [0.25, 0.3) is 0 Å². The second-order valence-corrected chi connectivity index (χ2v) is 8.65. The third-order valence-electron chi connectivity index (χ3n) is 3.80. The molecule has 0 N–H and O–H groups in total. The number of para-hydroxylation sites is 1. The molecule has 0 saturated carbocycles. The smallest absolute Gasteiger partial charge is 0.229 e. The van der Waals surface area contributed by atoms with Gasteiger partial charge in [0.1, 0.15) is 11.4 Å². The van der Waals surface area contributed by atoms with Crippen molar-refractivity contribution in [3.8, 4) is 5.75 Å². The molecule has 3 aromatic rings. The fraction of sp³-hybridized carbons (Fsp3) is 0.200. The van der Waals surface area contributed by atoms with E-state index in [2.05, 4.69) is 43.3 Å². The number of benzene rings is 2. The summed E-state index contributed by atoms with van der Waals surface area (Å²) in [4.78, 5) is 4.99. The van der Waals surface area contributed by atoms with E-state index in [1.807, 2.05) is 49.8 Å². The molecule has 0 unspecified atom stereocenters. The lowest BCUT2D eigenvalue weighted by Crippen LogP contribution is -2.12. The number of aryl methyl sites for hydroxylation is 2. The topological polar surface area (TPSA) is 39.4 Å². The average molecular weight is 350 g/mol. The highest BCUT2D eigenvalue weighted by molar-refractivity contribution is 6.49. The van der Waals surface area contributed by atoms with Gasteiger partial charge in [-0.2, -0.15) is 5.10 Å². The van der Waals surface area contributed by atoms with E-state index < -0.39 is 9.04 Å². The van der Waals surface area contributed by atoms with Crippen LogP contribution in [0.2, 0.25) is 13.1 Å². The first kappa shape index (κ1) is 17.2. The van der Waals surface area contributed by atoms with E-state index in [9.17, 15) is 0 Å². The Kier molecular flexibility index (Phi) is 5.14. The van der Waals surface area contributed by atoms with Gasteiger partial charge in [-0.25, -0.2) is 4.99 Å². The van der Waals surface area contributed by atoms with Gasteiger partial charge in [0, 0.05) is 24.4 Å². The van der Waals surface area contributed by atoms with Crippen molar-refractivity contribution < 1.29 is 4.43 Å². The zero-order valence-electron chi connectivity index (χ0n) is 15.1. The highest BCUT2D eigenvalue weighted by Gasteiger charge is 2.13. The van der Waals surface area contributed by atoms with E-state index >= 15 is 0 Å². The van der Waals surface area contributed by atoms with Crippen LogP contribution in [-0.4, -0.2) is 24.5 Å². The minimum Gasteiger partial charge on any atom is -0.545 e. The van der Waals surface area contributed by atoms with Crippen molar-refractivity contribution in [3.63, 3.8) is 0 Å². The highest BCUT2D eigenvalue weighted by Crippen LogP contribution is 2.33. The summed E-state index contributed by atoms with van der Waals surface area (Å²) < 4.78 is 7.96. The van der Waals surface area contributed by atoms with E-state index in [1.165, 1.54) is 0 Å². The lowest BCUT2D eigenvalue weighted by atomic mass is 10.1. The monoisotopic (exact) mass is 349 g/mol. The summed E-state index contributed by atoms with van der Waals surface area (Å²) in [5, 5.41) is 4.30. The van der Waals surface area contributed by atoms with Crippen LogP contribution in [0.5, 0.6) is 5.75 Å². The molecule has 4 nitrogen and oxygen atoms in total. The fourth-order valence-electron chi connectivity index (χ4n) is 2.67. The first-order chi connectivity index (χ1) is 12.0. The molecule has 0 aliphatic carbocycles. The molecule has 128 valence electrons. The van der Waals surface area contributed by atoms with Crippen LogP contribution in [0, 0.1) is 6.92 Å². The zero-order chi connectivity index (χ0) is 17.8. The summed E-state index contributed by atoms with van der Waals surface area (Å²) in [6, 6.07) is 16.3. The summed E-state index contributed by atoms with van der Waals surface area (Å²) in [6.45, 7) is 6.40.